The number of likely N-dealkylation sites (tertiary alicyclic amines) is 1. The first kappa shape index (κ1) is 16.3. The fourth-order valence-electron chi connectivity index (χ4n) is 3.62. The first-order chi connectivity index (χ1) is 12.1. The third-order valence-electron chi connectivity index (χ3n) is 5.21. The molecule has 7 nitrogen and oxygen atoms in total. The summed E-state index contributed by atoms with van der Waals surface area (Å²) in [5, 5.41) is 13.0. The van der Waals surface area contributed by atoms with Crippen LogP contribution in [0.2, 0.25) is 0 Å². The Morgan fingerprint density at radius 3 is 2.88 bits per heavy atom. The van der Waals surface area contributed by atoms with E-state index in [-0.39, 0.29) is 5.91 Å². The van der Waals surface area contributed by atoms with Crippen LogP contribution in [0.5, 0.6) is 0 Å². The van der Waals surface area contributed by atoms with Crippen molar-refractivity contribution in [1.29, 1.82) is 0 Å². The lowest BCUT2D eigenvalue weighted by Gasteiger charge is -2.32. The van der Waals surface area contributed by atoms with Gasteiger partial charge in [0.1, 0.15) is 12.2 Å². The van der Waals surface area contributed by atoms with Crippen LogP contribution in [0.4, 0.5) is 0 Å². The first-order valence-electron chi connectivity index (χ1n) is 9.33. The van der Waals surface area contributed by atoms with E-state index >= 15 is 0 Å². The van der Waals surface area contributed by atoms with Gasteiger partial charge in [-0.05, 0) is 45.6 Å². The zero-order chi connectivity index (χ0) is 17.4. The zero-order valence-corrected chi connectivity index (χ0v) is 15.0. The maximum absolute atomic E-state index is 12.7. The van der Waals surface area contributed by atoms with Crippen LogP contribution in [0.3, 0.4) is 0 Å². The third kappa shape index (κ3) is 3.45. The molecule has 0 radical (unpaired) electrons. The first-order valence-corrected chi connectivity index (χ1v) is 9.33. The number of aromatic nitrogens is 5. The van der Waals surface area contributed by atoms with Crippen LogP contribution < -0.4 is 0 Å². The highest BCUT2D eigenvalue weighted by Crippen LogP contribution is 2.38. The summed E-state index contributed by atoms with van der Waals surface area (Å²) in [7, 11) is 0. The van der Waals surface area contributed by atoms with E-state index in [1.54, 1.807) is 0 Å². The molecule has 0 spiro atoms. The van der Waals surface area contributed by atoms with E-state index in [9.17, 15) is 4.79 Å². The van der Waals surface area contributed by atoms with Crippen molar-refractivity contribution in [2.24, 2.45) is 0 Å². The van der Waals surface area contributed by atoms with E-state index < -0.39 is 0 Å². The quantitative estimate of drug-likeness (QED) is 0.836. The van der Waals surface area contributed by atoms with E-state index in [4.69, 9.17) is 0 Å². The van der Waals surface area contributed by atoms with Crippen LogP contribution in [-0.4, -0.2) is 48.4 Å². The number of hydrogen-bond donors (Lipinski definition) is 0. The topological polar surface area (TPSA) is 68.8 Å². The summed E-state index contributed by atoms with van der Waals surface area (Å²) in [5.41, 5.74) is 0.849. The molecule has 1 aliphatic carbocycles. The monoisotopic (exact) mass is 342 g/mol. The van der Waals surface area contributed by atoms with Gasteiger partial charge in [-0.1, -0.05) is 0 Å². The molecule has 1 amide bonds. The van der Waals surface area contributed by atoms with Crippen molar-refractivity contribution < 1.29 is 4.79 Å². The number of nitrogens with zero attached hydrogens (tertiary/aromatic N) is 6. The van der Waals surface area contributed by atoms with Crippen LogP contribution in [0.25, 0.3) is 0 Å². The minimum absolute atomic E-state index is 0.163. The Morgan fingerprint density at radius 2 is 2.16 bits per heavy atom. The van der Waals surface area contributed by atoms with Crippen molar-refractivity contribution >= 4 is 5.91 Å². The van der Waals surface area contributed by atoms with Crippen molar-refractivity contribution in [3.8, 4) is 0 Å². The molecule has 1 saturated carbocycles. The predicted molar refractivity (Wildman–Crippen MR) is 93.2 cm³/mol. The molecular formula is C18H26N6O. The van der Waals surface area contributed by atoms with E-state index in [1.165, 1.54) is 12.8 Å². The Kier molecular flexibility index (Phi) is 4.31. The van der Waals surface area contributed by atoms with Crippen molar-refractivity contribution in [2.75, 3.05) is 13.1 Å². The van der Waals surface area contributed by atoms with Gasteiger partial charge in [-0.2, -0.15) is 5.10 Å². The fraction of sp³-hybridized carbons (Fsp3) is 0.667. The molecule has 134 valence electrons. The highest BCUT2D eigenvalue weighted by molar-refractivity contribution is 5.78. The molecule has 1 saturated heterocycles. The lowest BCUT2D eigenvalue weighted by molar-refractivity contribution is -0.131. The van der Waals surface area contributed by atoms with Gasteiger partial charge in [0.05, 0.1) is 12.1 Å². The van der Waals surface area contributed by atoms with Gasteiger partial charge in [-0.25, -0.2) is 0 Å². The summed E-state index contributed by atoms with van der Waals surface area (Å²) in [5.74, 6) is 1.52. The molecule has 2 aliphatic rings. The standard InChI is InChI=1S/C18H26N6O/c1-13(2)24-9-7-15(21-24)10-17(25)22-8-3-4-14(11-22)18-20-19-12-23(18)16-5-6-16/h7,9,12-14,16H,3-6,8,10-11H2,1-2H3. The summed E-state index contributed by atoms with van der Waals surface area (Å²) in [6.45, 7) is 5.75. The second-order valence-corrected chi connectivity index (χ2v) is 7.56. The Bertz CT molecular complexity index is 744. The molecule has 1 atom stereocenters. The predicted octanol–water partition coefficient (Wildman–Crippen LogP) is 2.34. The number of rotatable bonds is 5. The number of amides is 1. The molecule has 3 heterocycles. The second-order valence-electron chi connectivity index (χ2n) is 7.56. The Morgan fingerprint density at radius 1 is 1.32 bits per heavy atom. The number of carbonyl (C=O) groups excluding carboxylic acids is 1. The van der Waals surface area contributed by atoms with Crippen molar-refractivity contribution in [2.45, 2.75) is 64.0 Å². The van der Waals surface area contributed by atoms with E-state index in [0.29, 0.717) is 24.4 Å². The summed E-state index contributed by atoms with van der Waals surface area (Å²) in [4.78, 5) is 14.7. The van der Waals surface area contributed by atoms with Gasteiger partial charge in [-0.15, -0.1) is 10.2 Å². The van der Waals surface area contributed by atoms with Gasteiger partial charge in [0.25, 0.3) is 0 Å². The molecule has 0 bridgehead atoms. The molecule has 1 unspecified atom stereocenters. The minimum Gasteiger partial charge on any atom is -0.342 e. The van der Waals surface area contributed by atoms with Crippen LogP contribution in [0.15, 0.2) is 18.6 Å². The highest BCUT2D eigenvalue weighted by atomic mass is 16.2. The van der Waals surface area contributed by atoms with Crippen LogP contribution in [0.1, 0.15) is 69.1 Å². The van der Waals surface area contributed by atoms with Crippen LogP contribution >= 0.6 is 0 Å². The average molecular weight is 342 g/mol. The van der Waals surface area contributed by atoms with Gasteiger partial charge in [0, 0.05) is 37.3 Å². The van der Waals surface area contributed by atoms with Gasteiger partial charge in [0.15, 0.2) is 0 Å². The lowest BCUT2D eigenvalue weighted by atomic mass is 9.96. The van der Waals surface area contributed by atoms with E-state index in [0.717, 1.165) is 37.4 Å². The van der Waals surface area contributed by atoms with Crippen molar-refractivity contribution in [3.05, 3.63) is 30.1 Å². The smallest absolute Gasteiger partial charge is 0.228 e. The van der Waals surface area contributed by atoms with Gasteiger partial charge < -0.3 is 9.47 Å². The summed E-state index contributed by atoms with van der Waals surface area (Å²) >= 11 is 0. The Hall–Kier alpha value is -2.18. The summed E-state index contributed by atoms with van der Waals surface area (Å²) < 4.78 is 4.13. The maximum Gasteiger partial charge on any atom is 0.228 e. The lowest BCUT2D eigenvalue weighted by Crippen LogP contribution is -2.40. The summed E-state index contributed by atoms with van der Waals surface area (Å²) in [6, 6.07) is 2.84. The van der Waals surface area contributed by atoms with Gasteiger partial charge in [0.2, 0.25) is 5.91 Å². The number of hydrogen-bond acceptors (Lipinski definition) is 4. The van der Waals surface area contributed by atoms with Crippen LogP contribution in [0, 0.1) is 0 Å². The van der Waals surface area contributed by atoms with Crippen molar-refractivity contribution in [3.63, 3.8) is 0 Å². The largest absolute Gasteiger partial charge is 0.342 e. The molecule has 2 aromatic heterocycles. The SMILES string of the molecule is CC(C)n1ccc(CC(=O)N2CCCC(c3nncn3C3CC3)C2)n1. The van der Waals surface area contributed by atoms with Gasteiger partial charge in [-0.3, -0.25) is 9.48 Å². The molecule has 2 fully saturated rings. The normalized spacial score (nSPS) is 21.1. The highest BCUT2D eigenvalue weighted by Gasteiger charge is 2.32. The molecule has 25 heavy (non-hydrogen) atoms. The Labute approximate surface area is 148 Å². The minimum atomic E-state index is 0.163. The zero-order valence-electron chi connectivity index (χ0n) is 15.0. The third-order valence-corrected chi connectivity index (χ3v) is 5.21. The summed E-state index contributed by atoms with van der Waals surface area (Å²) in [6.07, 6.45) is 8.72. The molecule has 4 rings (SSSR count). The fourth-order valence-corrected chi connectivity index (χ4v) is 3.62. The van der Waals surface area contributed by atoms with Gasteiger partial charge >= 0.3 is 0 Å². The second kappa shape index (κ2) is 6.61. The molecule has 0 N–H and O–H groups in total. The van der Waals surface area contributed by atoms with Crippen molar-refractivity contribution in [1.82, 2.24) is 29.4 Å². The van der Waals surface area contributed by atoms with E-state index in [2.05, 4.69) is 33.7 Å². The van der Waals surface area contributed by atoms with E-state index in [1.807, 2.05) is 28.2 Å². The number of piperidine rings is 1. The van der Waals surface area contributed by atoms with Crippen LogP contribution in [-0.2, 0) is 11.2 Å². The number of carbonyl (C=O) groups is 1. The average Bonchev–Trinajstić information content (AvgIpc) is 3.15. The molecular weight excluding hydrogens is 316 g/mol. The Balaban J connectivity index is 1.41. The molecule has 0 aromatic carbocycles. The molecule has 1 aliphatic heterocycles. The molecule has 2 aromatic rings. The maximum atomic E-state index is 12.7. The molecule has 7 heteroatoms.